The second kappa shape index (κ2) is 4.87. The Balaban J connectivity index is 3.27. The van der Waals surface area contributed by atoms with Crippen molar-refractivity contribution < 1.29 is 18.3 Å². The lowest BCUT2D eigenvalue weighted by Gasteiger charge is -2.15. The number of aliphatic hydroxyl groups is 1. The van der Waals surface area contributed by atoms with Gasteiger partial charge in [-0.15, -0.1) is 0 Å². The number of benzene rings is 1. The molecule has 1 aromatic carbocycles. The monoisotopic (exact) mass is 231 g/mol. The average Bonchev–Trinajstić information content (AvgIpc) is 2.25. The van der Waals surface area contributed by atoms with E-state index in [4.69, 9.17) is 10.6 Å². The van der Waals surface area contributed by atoms with Gasteiger partial charge < -0.3 is 5.11 Å². The van der Waals surface area contributed by atoms with Gasteiger partial charge in [0.25, 0.3) is 0 Å². The average molecular weight is 231 g/mol. The summed E-state index contributed by atoms with van der Waals surface area (Å²) < 4.78 is 37.7. The lowest BCUT2D eigenvalue weighted by Crippen LogP contribution is -2.12. The quantitative estimate of drug-likeness (QED) is 0.484. The van der Waals surface area contributed by atoms with E-state index in [2.05, 4.69) is 10.0 Å². The highest BCUT2D eigenvalue weighted by Crippen LogP contribution is 2.35. The number of azide groups is 1. The molecular weight excluding hydrogens is 223 g/mol. The number of halogens is 3. The van der Waals surface area contributed by atoms with Crippen molar-refractivity contribution in [3.05, 3.63) is 45.8 Å². The van der Waals surface area contributed by atoms with Gasteiger partial charge in [-0.3, -0.25) is 0 Å². The van der Waals surface area contributed by atoms with Crippen molar-refractivity contribution in [2.24, 2.45) is 5.11 Å². The molecule has 0 spiro atoms. The van der Waals surface area contributed by atoms with Gasteiger partial charge in [0.05, 0.1) is 18.2 Å². The lowest BCUT2D eigenvalue weighted by molar-refractivity contribution is -0.138. The molecule has 4 nitrogen and oxygen atoms in total. The van der Waals surface area contributed by atoms with Gasteiger partial charge in [-0.1, -0.05) is 23.3 Å². The van der Waals surface area contributed by atoms with E-state index in [0.29, 0.717) is 0 Å². The van der Waals surface area contributed by atoms with Gasteiger partial charge in [0.1, 0.15) is 0 Å². The minimum atomic E-state index is -4.53. The van der Waals surface area contributed by atoms with Crippen LogP contribution >= 0.6 is 0 Å². The van der Waals surface area contributed by atoms with E-state index >= 15 is 0 Å². The standard InChI is InChI=1S/C9H8F3N3O/c10-9(11,12)7-4-2-1-3-6(7)8(5-16)14-15-13/h1-4,8,16H,5H2. The molecule has 0 saturated carbocycles. The van der Waals surface area contributed by atoms with Gasteiger partial charge in [-0.05, 0) is 17.2 Å². The van der Waals surface area contributed by atoms with Gasteiger partial charge in [0, 0.05) is 4.91 Å². The predicted molar refractivity (Wildman–Crippen MR) is 50.4 cm³/mol. The van der Waals surface area contributed by atoms with Crippen molar-refractivity contribution in [3.63, 3.8) is 0 Å². The fraction of sp³-hybridized carbons (Fsp3) is 0.333. The summed E-state index contributed by atoms with van der Waals surface area (Å²) in [6.45, 7) is -0.669. The molecule has 1 unspecified atom stereocenters. The highest BCUT2D eigenvalue weighted by Gasteiger charge is 2.34. The van der Waals surface area contributed by atoms with Crippen LogP contribution in [-0.2, 0) is 6.18 Å². The summed E-state index contributed by atoms with van der Waals surface area (Å²) in [5.74, 6) is 0. The zero-order chi connectivity index (χ0) is 12.2. The van der Waals surface area contributed by atoms with E-state index in [9.17, 15) is 13.2 Å². The third kappa shape index (κ3) is 2.65. The summed E-state index contributed by atoms with van der Waals surface area (Å²) in [5.41, 5.74) is 7.06. The molecule has 0 heterocycles. The number of hydrogen-bond acceptors (Lipinski definition) is 2. The first-order chi connectivity index (χ1) is 7.50. The maximum Gasteiger partial charge on any atom is 0.416 e. The first-order valence-electron chi connectivity index (χ1n) is 4.32. The van der Waals surface area contributed by atoms with E-state index in [1.807, 2.05) is 0 Å². The maximum absolute atomic E-state index is 12.6. The summed E-state index contributed by atoms with van der Waals surface area (Å²) in [4.78, 5) is 2.40. The second-order valence-corrected chi connectivity index (χ2v) is 2.99. The normalized spacial score (nSPS) is 13.0. The molecular formula is C9H8F3N3O. The van der Waals surface area contributed by atoms with Crippen LogP contribution in [0, 0.1) is 0 Å². The van der Waals surface area contributed by atoms with Crippen LogP contribution in [0.3, 0.4) is 0 Å². The molecule has 0 aliphatic heterocycles. The number of aliphatic hydroxyl groups excluding tert-OH is 1. The third-order valence-corrected chi connectivity index (χ3v) is 1.99. The summed E-state index contributed by atoms with van der Waals surface area (Å²) in [6.07, 6.45) is -4.53. The minimum Gasteiger partial charge on any atom is -0.396 e. The molecule has 0 aliphatic rings. The lowest BCUT2D eigenvalue weighted by atomic mass is 10.0. The van der Waals surface area contributed by atoms with E-state index in [1.54, 1.807) is 0 Å². The maximum atomic E-state index is 12.6. The summed E-state index contributed by atoms with van der Waals surface area (Å²) in [5, 5.41) is 12.0. The van der Waals surface area contributed by atoms with Crippen molar-refractivity contribution in [1.82, 2.24) is 0 Å². The number of rotatable bonds is 3. The molecule has 0 saturated heterocycles. The molecule has 0 bridgehead atoms. The van der Waals surface area contributed by atoms with Crippen molar-refractivity contribution in [1.29, 1.82) is 0 Å². The molecule has 1 aromatic rings. The Morgan fingerprint density at radius 1 is 1.38 bits per heavy atom. The Labute approximate surface area is 89.0 Å². The molecule has 16 heavy (non-hydrogen) atoms. The molecule has 7 heteroatoms. The fourth-order valence-corrected chi connectivity index (χ4v) is 1.31. The largest absolute Gasteiger partial charge is 0.416 e. The Morgan fingerprint density at radius 3 is 2.50 bits per heavy atom. The van der Waals surface area contributed by atoms with Crippen molar-refractivity contribution in [2.75, 3.05) is 6.61 Å². The zero-order valence-electron chi connectivity index (χ0n) is 8.02. The topological polar surface area (TPSA) is 69.0 Å². The van der Waals surface area contributed by atoms with Gasteiger partial charge in [-0.25, -0.2) is 0 Å². The van der Waals surface area contributed by atoms with Crippen LogP contribution in [0.1, 0.15) is 17.2 Å². The predicted octanol–water partition coefficient (Wildman–Crippen LogP) is 3.05. The Bertz CT molecular complexity index is 413. The Kier molecular flexibility index (Phi) is 3.76. The van der Waals surface area contributed by atoms with Gasteiger partial charge in [-0.2, -0.15) is 13.2 Å². The molecule has 1 rings (SSSR count). The Hall–Kier alpha value is -1.72. The van der Waals surface area contributed by atoms with Gasteiger partial charge >= 0.3 is 6.18 Å². The van der Waals surface area contributed by atoms with Crippen molar-refractivity contribution >= 4 is 0 Å². The van der Waals surface area contributed by atoms with Gasteiger partial charge in [0.2, 0.25) is 0 Å². The number of alkyl halides is 3. The highest BCUT2D eigenvalue weighted by atomic mass is 19.4. The van der Waals surface area contributed by atoms with E-state index in [0.717, 1.165) is 6.07 Å². The number of hydrogen-bond donors (Lipinski definition) is 1. The van der Waals surface area contributed by atoms with Crippen LogP contribution < -0.4 is 0 Å². The first-order valence-corrected chi connectivity index (χ1v) is 4.32. The molecule has 86 valence electrons. The SMILES string of the molecule is [N-]=[N+]=NC(CO)c1ccccc1C(F)(F)F. The van der Waals surface area contributed by atoms with Crippen LogP contribution in [-0.4, -0.2) is 11.7 Å². The van der Waals surface area contributed by atoms with E-state index < -0.39 is 24.4 Å². The molecule has 0 aromatic heterocycles. The van der Waals surface area contributed by atoms with Crippen molar-refractivity contribution in [2.45, 2.75) is 12.2 Å². The van der Waals surface area contributed by atoms with E-state index in [1.165, 1.54) is 18.2 Å². The summed E-state index contributed by atoms with van der Waals surface area (Å²) >= 11 is 0. The molecule has 0 amide bonds. The highest BCUT2D eigenvalue weighted by molar-refractivity contribution is 5.32. The molecule has 1 atom stereocenters. The third-order valence-electron chi connectivity index (χ3n) is 1.99. The molecule has 0 radical (unpaired) electrons. The minimum absolute atomic E-state index is 0.227. The van der Waals surface area contributed by atoms with Crippen molar-refractivity contribution in [3.8, 4) is 0 Å². The van der Waals surface area contributed by atoms with Crippen LogP contribution in [0.25, 0.3) is 10.4 Å². The zero-order valence-corrected chi connectivity index (χ0v) is 8.02. The number of nitrogens with zero attached hydrogens (tertiary/aromatic N) is 3. The van der Waals surface area contributed by atoms with Crippen LogP contribution in [0.2, 0.25) is 0 Å². The van der Waals surface area contributed by atoms with Gasteiger partial charge in [0.15, 0.2) is 0 Å². The fourth-order valence-electron chi connectivity index (χ4n) is 1.31. The van der Waals surface area contributed by atoms with Crippen LogP contribution in [0.15, 0.2) is 29.4 Å². The van der Waals surface area contributed by atoms with Crippen LogP contribution in [0.5, 0.6) is 0 Å². The summed E-state index contributed by atoms with van der Waals surface area (Å²) in [6, 6.07) is 3.46. The molecule has 1 N–H and O–H groups in total. The van der Waals surface area contributed by atoms with E-state index in [-0.39, 0.29) is 5.56 Å². The molecule has 0 fully saturated rings. The second-order valence-electron chi connectivity index (χ2n) is 2.99. The first kappa shape index (κ1) is 12.4. The smallest absolute Gasteiger partial charge is 0.396 e. The van der Waals surface area contributed by atoms with Crippen LogP contribution in [0.4, 0.5) is 13.2 Å². The summed E-state index contributed by atoms with van der Waals surface area (Å²) in [7, 11) is 0. The Morgan fingerprint density at radius 2 is 2.00 bits per heavy atom. The molecule has 0 aliphatic carbocycles.